The highest BCUT2D eigenvalue weighted by molar-refractivity contribution is 5.79. The molecule has 4 nitrogen and oxygen atoms in total. The van der Waals surface area contributed by atoms with Crippen molar-refractivity contribution in [1.29, 1.82) is 0 Å². The third kappa shape index (κ3) is 2.90. The number of carbonyl (C=O) groups excluding carboxylic acids is 1. The predicted octanol–water partition coefficient (Wildman–Crippen LogP) is 4.86. The Bertz CT molecular complexity index is 930. The average molecular weight is 417 g/mol. The van der Waals surface area contributed by atoms with E-state index >= 15 is 0 Å². The molecule has 0 aromatic heterocycles. The van der Waals surface area contributed by atoms with Gasteiger partial charge in [0.1, 0.15) is 6.61 Å². The number of hydrogen-bond acceptors (Lipinski definition) is 3. The molecule has 2 atom stereocenters. The zero-order chi connectivity index (χ0) is 21.1. The molecule has 158 valence electrons. The van der Waals surface area contributed by atoms with E-state index in [0.717, 1.165) is 22.3 Å². The van der Waals surface area contributed by atoms with Crippen LogP contribution in [0, 0.1) is 0 Å². The number of fused-ring (bicyclic) bond motifs is 5. The van der Waals surface area contributed by atoms with E-state index in [-0.39, 0.29) is 12.5 Å². The first-order chi connectivity index (χ1) is 14.3. The van der Waals surface area contributed by atoms with Gasteiger partial charge in [0, 0.05) is 30.8 Å². The van der Waals surface area contributed by atoms with Crippen LogP contribution < -0.4 is 0 Å². The highest BCUT2D eigenvalue weighted by Crippen LogP contribution is 2.48. The van der Waals surface area contributed by atoms with E-state index in [4.69, 9.17) is 4.74 Å². The Kier molecular flexibility index (Phi) is 4.36. The van der Waals surface area contributed by atoms with Crippen LogP contribution in [0.4, 0.5) is 18.0 Å². The van der Waals surface area contributed by atoms with Crippen LogP contribution >= 0.6 is 0 Å². The van der Waals surface area contributed by atoms with Gasteiger partial charge in [0.15, 0.2) is 5.60 Å². The van der Waals surface area contributed by atoms with E-state index in [2.05, 4.69) is 0 Å². The molecule has 1 amide bonds. The number of piperidine rings is 1. The summed E-state index contributed by atoms with van der Waals surface area (Å²) in [5.41, 5.74) is 1.67. The minimum Gasteiger partial charge on any atom is -0.448 e. The van der Waals surface area contributed by atoms with Gasteiger partial charge < -0.3 is 14.7 Å². The van der Waals surface area contributed by atoms with Gasteiger partial charge in [-0.3, -0.25) is 0 Å². The fourth-order valence-electron chi connectivity index (χ4n) is 5.42. The number of ether oxygens (including phenoxy) is 1. The summed E-state index contributed by atoms with van der Waals surface area (Å²) in [5, 5.41) is 10.1. The zero-order valence-electron chi connectivity index (χ0n) is 16.2. The van der Waals surface area contributed by atoms with Crippen LogP contribution in [0.25, 0.3) is 11.1 Å². The fourth-order valence-corrected chi connectivity index (χ4v) is 5.42. The summed E-state index contributed by atoms with van der Waals surface area (Å²) in [4.78, 5) is 14.3. The molecule has 7 heteroatoms. The summed E-state index contributed by atoms with van der Waals surface area (Å²) >= 11 is 0. The monoisotopic (exact) mass is 417 g/mol. The molecule has 2 aromatic rings. The average Bonchev–Trinajstić information content (AvgIpc) is 3.18. The van der Waals surface area contributed by atoms with Gasteiger partial charge in [-0.1, -0.05) is 48.5 Å². The highest BCUT2D eigenvalue weighted by atomic mass is 19.4. The second kappa shape index (κ2) is 6.74. The molecule has 2 saturated heterocycles. The molecule has 5 rings (SSSR count). The number of nitrogens with zero attached hydrogens (tertiary/aromatic N) is 1. The second-order valence-corrected chi connectivity index (χ2v) is 8.53. The Morgan fingerprint density at radius 1 is 1.00 bits per heavy atom. The zero-order valence-corrected chi connectivity index (χ0v) is 16.2. The van der Waals surface area contributed by atoms with Gasteiger partial charge in [-0.05, 0) is 35.1 Å². The summed E-state index contributed by atoms with van der Waals surface area (Å²) in [6.45, 7) is 0.131. The van der Waals surface area contributed by atoms with Gasteiger partial charge in [-0.2, -0.15) is 13.2 Å². The van der Waals surface area contributed by atoms with Crippen LogP contribution in [-0.4, -0.2) is 46.6 Å². The number of alkyl halides is 3. The van der Waals surface area contributed by atoms with Gasteiger partial charge >= 0.3 is 12.3 Å². The summed E-state index contributed by atoms with van der Waals surface area (Å²) in [6, 6.07) is 14.7. The molecule has 1 N–H and O–H groups in total. The lowest BCUT2D eigenvalue weighted by atomic mass is 9.85. The van der Waals surface area contributed by atoms with Crippen molar-refractivity contribution in [3.63, 3.8) is 0 Å². The van der Waals surface area contributed by atoms with E-state index in [0.29, 0.717) is 12.8 Å². The van der Waals surface area contributed by atoms with Crippen molar-refractivity contribution in [2.75, 3.05) is 6.61 Å². The van der Waals surface area contributed by atoms with Crippen LogP contribution in [0.2, 0.25) is 0 Å². The van der Waals surface area contributed by atoms with E-state index in [9.17, 15) is 23.1 Å². The first-order valence-electron chi connectivity index (χ1n) is 10.2. The molecular weight excluding hydrogens is 395 g/mol. The summed E-state index contributed by atoms with van der Waals surface area (Å²) in [5.74, 6) is -0.101. The number of hydrogen-bond donors (Lipinski definition) is 1. The molecule has 2 bridgehead atoms. The maximum absolute atomic E-state index is 13.3. The number of rotatable bonds is 2. The van der Waals surface area contributed by atoms with Crippen molar-refractivity contribution < 1.29 is 27.8 Å². The Labute approximate surface area is 172 Å². The minimum atomic E-state index is -4.69. The summed E-state index contributed by atoms with van der Waals surface area (Å²) in [7, 11) is 0. The third-order valence-electron chi connectivity index (χ3n) is 6.84. The normalized spacial score (nSPS) is 27.7. The lowest BCUT2D eigenvalue weighted by Crippen LogP contribution is -2.59. The Morgan fingerprint density at radius 3 is 2.00 bits per heavy atom. The van der Waals surface area contributed by atoms with E-state index in [1.165, 1.54) is 4.90 Å². The number of carbonyl (C=O) groups is 1. The lowest BCUT2D eigenvalue weighted by molar-refractivity contribution is -0.277. The topological polar surface area (TPSA) is 49.8 Å². The number of amides is 1. The molecular formula is C23H22F3NO3. The summed E-state index contributed by atoms with van der Waals surface area (Å²) in [6.07, 6.45) is -5.36. The summed E-state index contributed by atoms with van der Waals surface area (Å²) < 4.78 is 45.5. The molecule has 0 radical (unpaired) electrons. The van der Waals surface area contributed by atoms with Gasteiger partial charge in [0.25, 0.3) is 0 Å². The van der Waals surface area contributed by atoms with Crippen molar-refractivity contribution in [3.05, 3.63) is 59.7 Å². The SMILES string of the molecule is O=C(OCC1c2ccccc2-c2ccccc21)N1C2CCC1CC(O)(C(F)(F)F)C2. The van der Waals surface area contributed by atoms with E-state index < -0.39 is 42.8 Å². The Hall–Kier alpha value is -2.54. The molecule has 0 spiro atoms. The minimum absolute atomic E-state index is 0.101. The number of halogens is 3. The fraction of sp³-hybridized carbons (Fsp3) is 0.435. The van der Waals surface area contributed by atoms with Gasteiger partial charge in [0.05, 0.1) is 0 Å². The molecule has 30 heavy (non-hydrogen) atoms. The molecule has 2 heterocycles. The van der Waals surface area contributed by atoms with E-state index in [1.54, 1.807) is 0 Å². The molecule has 2 fully saturated rings. The van der Waals surface area contributed by atoms with Crippen molar-refractivity contribution in [2.24, 2.45) is 0 Å². The number of benzene rings is 2. The molecule has 2 aliphatic heterocycles. The molecule has 0 saturated carbocycles. The molecule has 3 aliphatic rings. The largest absolute Gasteiger partial charge is 0.448 e. The van der Waals surface area contributed by atoms with Crippen LogP contribution in [-0.2, 0) is 4.74 Å². The van der Waals surface area contributed by atoms with Gasteiger partial charge in [0.2, 0.25) is 0 Å². The maximum Gasteiger partial charge on any atom is 0.417 e. The van der Waals surface area contributed by atoms with Gasteiger partial charge in [-0.25, -0.2) is 4.79 Å². The molecule has 2 aromatic carbocycles. The molecule has 2 unspecified atom stereocenters. The quantitative estimate of drug-likeness (QED) is 0.760. The Balaban J connectivity index is 1.32. The first kappa shape index (κ1) is 19.4. The van der Waals surface area contributed by atoms with E-state index in [1.807, 2.05) is 48.5 Å². The predicted molar refractivity (Wildman–Crippen MR) is 104 cm³/mol. The van der Waals surface area contributed by atoms with Crippen molar-refractivity contribution in [3.8, 4) is 11.1 Å². The smallest absolute Gasteiger partial charge is 0.417 e. The second-order valence-electron chi connectivity index (χ2n) is 8.53. The van der Waals surface area contributed by atoms with Crippen molar-refractivity contribution >= 4 is 6.09 Å². The Morgan fingerprint density at radius 2 is 1.50 bits per heavy atom. The van der Waals surface area contributed by atoms with Gasteiger partial charge in [-0.15, -0.1) is 0 Å². The van der Waals surface area contributed by atoms with Crippen LogP contribution in [0.3, 0.4) is 0 Å². The third-order valence-corrected chi connectivity index (χ3v) is 6.84. The maximum atomic E-state index is 13.3. The van der Waals surface area contributed by atoms with Crippen LogP contribution in [0.15, 0.2) is 48.5 Å². The molecule has 1 aliphatic carbocycles. The van der Waals surface area contributed by atoms with Crippen molar-refractivity contribution in [2.45, 2.75) is 55.5 Å². The van der Waals surface area contributed by atoms with Crippen LogP contribution in [0.1, 0.15) is 42.7 Å². The van der Waals surface area contributed by atoms with Crippen molar-refractivity contribution in [1.82, 2.24) is 4.90 Å². The highest BCUT2D eigenvalue weighted by Gasteiger charge is 2.61. The standard InChI is InChI=1S/C23H22F3NO3/c24-23(25,26)22(29)11-14-9-10-15(12-22)27(14)21(28)30-13-20-18-7-3-1-5-16(18)17-6-2-4-8-19(17)20/h1-8,14-15,20,29H,9-13H2. The van der Waals surface area contributed by atoms with Crippen LogP contribution in [0.5, 0.6) is 0 Å². The number of aliphatic hydroxyl groups is 1. The lowest BCUT2D eigenvalue weighted by Gasteiger charge is -2.43. The first-order valence-corrected chi connectivity index (χ1v) is 10.2.